The molecule has 7 nitrogen and oxygen atoms in total. The van der Waals surface area contributed by atoms with E-state index >= 15 is 0 Å². The Balaban J connectivity index is 1.29. The highest BCUT2D eigenvalue weighted by molar-refractivity contribution is 6.00. The van der Waals surface area contributed by atoms with Crippen LogP contribution in [-0.2, 0) is 29.0 Å². The lowest BCUT2D eigenvalue weighted by Crippen LogP contribution is -2.44. The van der Waals surface area contributed by atoms with Crippen LogP contribution in [0.3, 0.4) is 0 Å². The monoisotopic (exact) mass is 484 g/mol. The van der Waals surface area contributed by atoms with Gasteiger partial charge in [0.2, 0.25) is 5.91 Å². The molecule has 0 aliphatic carbocycles. The van der Waals surface area contributed by atoms with E-state index in [0.717, 1.165) is 28.2 Å². The maximum atomic E-state index is 13.2. The molecule has 0 bridgehead atoms. The number of nitrogens with zero attached hydrogens (tertiary/aromatic N) is 2. The maximum Gasteiger partial charge on any atom is 0.226 e. The van der Waals surface area contributed by atoms with E-state index in [4.69, 9.17) is 14.5 Å². The largest absolute Gasteiger partial charge is 0.457 e. The second kappa shape index (κ2) is 11.0. The number of hydrogen-bond donors (Lipinski definition) is 2. The Bertz CT molecular complexity index is 1340. The van der Waals surface area contributed by atoms with Crippen LogP contribution in [0.5, 0.6) is 11.5 Å². The quantitative estimate of drug-likeness (QED) is 0.335. The van der Waals surface area contributed by atoms with Crippen LogP contribution in [0.4, 0.5) is 10.1 Å². The van der Waals surface area contributed by atoms with Crippen molar-refractivity contribution in [3.05, 3.63) is 108 Å². The van der Waals surface area contributed by atoms with E-state index in [0.29, 0.717) is 24.5 Å². The van der Waals surface area contributed by atoms with Crippen LogP contribution in [0.1, 0.15) is 16.8 Å². The zero-order valence-corrected chi connectivity index (χ0v) is 19.5. The standard InChI is InChI=1S/C28H25FN4O3/c29-21-7-10-23(11-8-21)36-24-9-6-20-12-26(32-25(20)14-24)27(17-35-16-19-4-2-1-3-5-19)33-28(34)13-22-15-30-18-31-22/h1-11,14-15,18,27H,12-13,16-17H2,(H,30,31)(H,33,34)/t27-/m0/s1. The van der Waals surface area contributed by atoms with Crippen molar-refractivity contribution in [3.8, 4) is 11.5 Å². The molecule has 0 saturated heterocycles. The first-order valence-electron chi connectivity index (χ1n) is 11.6. The minimum absolute atomic E-state index is 0.147. The lowest BCUT2D eigenvalue weighted by atomic mass is 10.0. The highest BCUT2D eigenvalue weighted by atomic mass is 19.1. The van der Waals surface area contributed by atoms with Gasteiger partial charge >= 0.3 is 0 Å². The average Bonchev–Trinajstić information content (AvgIpc) is 3.55. The van der Waals surface area contributed by atoms with Crippen LogP contribution in [0, 0.1) is 5.82 Å². The van der Waals surface area contributed by atoms with Gasteiger partial charge in [-0.25, -0.2) is 9.37 Å². The fraction of sp³-hybridized carbons (Fsp3) is 0.179. The van der Waals surface area contributed by atoms with E-state index in [1.54, 1.807) is 24.7 Å². The van der Waals surface area contributed by atoms with E-state index < -0.39 is 6.04 Å². The van der Waals surface area contributed by atoms with Gasteiger partial charge in [-0.15, -0.1) is 0 Å². The van der Waals surface area contributed by atoms with E-state index in [2.05, 4.69) is 15.3 Å². The minimum Gasteiger partial charge on any atom is -0.457 e. The molecule has 0 fully saturated rings. The molecule has 4 aromatic rings. The molecule has 0 spiro atoms. The number of benzene rings is 3. The molecular weight excluding hydrogens is 459 g/mol. The van der Waals surface area contributed by atoms with Gasteiger partial charge in [0.25, 0.3) is 0 Å². The molecule has 1 atom stereocenters. The molecule has 0 unspecified atom stereocenters. The topological polar surface area (TPSA) is 88.6 Å². The first-order chi connectivity index (χ1) is 17.6. The van der Waals surface area contributed by atoms with Gasteiger partial charge in [0.1, 0.15) is 17.3 Å². The Labute approximate surface area is 208 Å². The van der Waals surface area contributed by atoms with Gasteiger partial charge in [0.15, 0.2) is 0 Å². The van der Waals surface area contributed by atoms with Crippen molar-refractivity contribution >= 4 is 17.3 Å². The van der Waals surface area contributed by atoms with Crippen LogP contribution < -0.4 is 10.1 Å². The van der Waals surface area contributed by atoms with Crippen molar-refractivity contribution < 1.29 is 18.7 Å². The van der Waals surface area contributed by atoms with Crippen LogP contribution in [-0.4, -0.2) is 34.2 Å². The van der Waals surface area contributed by atoms with Gasteiger partial charge in [-0.3, -0.25) is 9.79 Å². The molecule has 8 heteroatoms. The predicted octanol–water partition coefficient (Wildman–Crippen LogP) is 4.91. The smallest absolute Gasteiger partial charge is 0.226 e. The molecule has 2 heterocycles. The molecule has 1 aliphatic heterocycles. The third kappa shape index (κ3) is 6.03. The lowest BCUT2D eigenvalue weighted by Gasteiger charge is -2.19. The molecule has 5 rings (SSSR count). The summed E-state index contributed by atoms with van der Waals surface area (Å²) in [7, 11) is 0. The number of fused-ring (bicyclic) bond motifs is 1. The summed E-state index contributed by atoms with van der Waals surface area (Å²) in [5.41, 5.74) is 4.41. The summed E-state index contributed by atoms with van der Waals surface area (Å²) >= 11 is 0. The third-order valence-electron chi connectivity index (χ3n) is 5.78. The van der Waals surface area contributed by atoms with Crippen molar-refractivity contribution in [2.75, 3.05) is 6.61 Å². The molecule has 1 amide bonds. The van der Waals surface area contributed by atoms with E-state index in [9.17, 15) is 9.18 Å². The number of carbonyl (C=O) groups excluding carboxylic acids is 1. The number of amides is 1. The molecule has 0 saturated carbocycles. The summed E-state index contributed by atoms with van der Waals surface area (Å²) in [5.74, 6) is 0.675. The number of aliphatic imine (C=N–C) groups is 1. The molecule has 36 heavy (non-hydrogen) atoms. The molecule has 1 aliphatic rings. The van der Waals surface area contributed by atoms with Crippen molar-refractivity contribution in [1.29, 1.82) is 0 Å². The zero-order valence-electron chi connectivity index (χ0n) is 19.5. The molecule has 2 N–H and O–H groups in total. The van der Waals surface area contributed by atoms with Crippen molar-refractivity contribution in [1.82, 2.24) is 15.3 Å². The summed E-state index contributed by atoms with van der Waals surface area (Å²) in [6.07, 6.45) is 3.96. The molecule has 1 aromatic heterocycles. The molecule has 3 aromatic carbocycles. The Morgan fingerprint density at radius 2 is 1.86 bits per heavy atom. The van der Waals surface area contributed by atoms with Crippen LogP contribution in [0.15, 0.2) is 90.3 Å². The summed E-state index contributed by atoms with van der Waals surface area (Å²) in [4.78, 5) is 24.5. The number of hydrogen-bond acceptors (Lipinski definition) is 5. The Kier molecular flexibility index (Phi) is 7.14. The van der Waals surface area contributed by atoms with Gasteiger partial charge in [0.05, 0.1) is 37.7 Å². The number of carbonyl (C=O) groups is 1. The zero-order chi connectivity index (χ0) is 24.7. The van der Waals surface area contributed by atoms with Crippen molar-refractivity contribution in [2.45, 2.75) is 25.5 Å². The average molecular weight is 485 g/mol. The summed E-state index contributed by atoms with van der Waals surface area (Å²) in [6, 6.07) is 21.0. The number of imidazole rings is 1. The molecular formula is C28H25FN4O3. The fourth-order valence-corrected chi connectivity index (χ4v) is 3.98. The van der Waals surface area contributed by atoms with Crippen molar-refractivity contribution in [3.63, 3.8) is 0 Å². The van der Waals surface area contributed by atoms with Crippen LogP contribution in [0.25, 0.3) is 0 Å². The van der Waals surface area contributed by atoms with Gasteiger partial charge < -0.3 is 19.8 Å². The first kappa shape index (κ1) is 23.4. The van der Waals surface area contributed by atoms with Gasteiger partial charge in [-0.2, -0.15) is 0 Å². The SMILES string of the molecule is O=C(Cc1cnc[nH]1)N[C@@H](COCc1ccccc1)C1=Nc2cc(Oc3ccc(F)cc3)ccc2C1. The second-order valence-corrected chi connectivity index (χ2v) is 8.50. The Morgan fingerprint density at radius 3 is 2.64 bits per heavy atom. The number of aromatic amines is 1. The lowest BCUT2D eigenvalue weighted by molar-refractivity contribution is -0.121. The fourth-order valence-electron chi connectivity index (χ4n) is 3.98. The van der Waals surface area contributed by atoms with E-state index in [1.807, 2.05) is 48.5 Å². The van der Waals surface area contributed by atoms with E-state index in [-0.39, 0.29) is 24.8 Å². The molecule has 182 valence electrons. The minimum atomic E-state index is -0.391. The third-order valence-corrected chi connectivity index (χ3v) is 5.78. The number of rotatable bonds is 10. The van der Waals surface area contributed by atoms with Gasteiger partial charge in [-0.05, 0) is 41.5 Å². The number of aromatic nitrogens is 2. The number of H-pyrrole nitrogens is 1. The number of ether oxygens (including phenoxy) is 2. The first-order valence-corrected chi connectivity index (χ1v) is 11.6. The summed E-state index contributed by atoms with van der Waals surface area (Å²) in [5, 5.41) is 3.07. The number of halogens is 1. The van der Waals surface area contributed by atoms with E-state index in [1.165, 1.54) is 12.1 Å². The summed E-state index contributed by atoms with van der Waals surface area (Å²) < 4.78 is 25.0. The van der Waals surface area contributed by atoms with Gasteiger partial charge in [0, 0.05) is 30.1 Å². The highest BCUT2D eigenvalue weighted by Gasteiger charge is 2.25. The van der Waals surface area contributed by atoms with Gasteiger partial charge in [-0.1, -0.05) is 36.4 Å². The predicted molar refractivity (Wildman–Crippen MR) is 134 cm³/mol. The normalized spacial score (nSPS) is 13.1. The maximum absolute atomic E-state index is 13.2. The van der Waals surface area contributed by atoms with Crippen LogP contribution >= 0.6 is 0 Å². The van der Waals surface area contributed by atoms with Crippen molar-refractivity contribution in [2.24, 2.45) is 4.99 Å². The Hall–Kier alpha value is -4.30. The second-order valence-electron chi connectivity index (χ2n) is 8.50. The highest BCUT2D eigenvalue weighted by Crippen LogP contribution is 2.33. The summed E-state index contributed by atoms with van der Waals surface area (Å²) in [6.45, 7) is 0.721. The molecule has 0 radical (unpaired) electrons. The number of nitrogens with one attached hydrogen (secondary N) is 2. The van der Waals surface area contributed by atoms with Crippen LogP contribution in [0.2, 0.25) is 0 Å². The Morgan fingerprint density at radius 1 is 1.06 bits per heavy atom.